The Morgan fingerprint density at radius 1 is 1.39 bits per heavy atom. The SMILES string of the molecule is O=C(Nc1cncnc1)c1cc(Br)cn1C1CC1. The van der Waals surface area contributed by atoms with Gasteiger partial charge in [-0.25, -0.2) is 9.97 Å². The minimum absolute atomic E-state index is 0.137. The molecule has 2 aromatic rings. The van der Waals surface area contributed by atoms with Crippen LogP contribution in [0.3, 0.4) is 0 Å². The number of carbonyl (C=O) groups is 1. The molecule has 0 atom stereocenters. The fourth-order valence-corrected chi connectivity index (χ4v) is 2.28. The van der Waals surface area contributed by atoms with Crippen LogP contribution in [0.1, 0.15) is 29.4 Å². The number of amides is 1. The van der Waals surface area contributed by atoms with Gasteiger partial charge in [-0.1, -0.05) is 0 Å². The Morgan fingerprint density at radius 2 is 2.11 bits per heavy atom. The molecule has 2 aromatic heterocycles. The first-order valence-corrected chi connectivity index (χ1v) is 6.47. The Balaban J connectivity index is 1.84. The summed E-state index contributed by atoms with van der Waals surface area (Å²) in [7, 11) is 0. The predicted molar refractivity (Wildman–Crippen MR) is 70.4 cm³/mol. The molecule has 1 saturated carbocycles. The smallest absolute Gasteiger partial charge is 0.272 e. The van der Waals surface area contributed by atoms with Gasteiger partial charge in [-0.15, -0.1) is 0 Å². The fraction of sp³-hybridized carbons (Fsp3) is 0.250. The van der Waals surface area contributed by atoms with Crippen molar-refractivity contribution in [3.8, 4) is 0 Å². The van der Waals surface area contributed by atoms with Crippen LogP contribution in [0, 0.1) is 0 Å². The van der Waals surface area contributed by atoms with E-state index in [4.69, 9.17) is 0 Å². The van der Waals surface area contributed by atoms with Crippen LogP contribution in [-0.4, -0.2) is 20.4 Å². The molecule has 92 valence electrons. The second-order valence-electron chi connectivity index (χ2n) is 4.26. The van der Waals surface area contributed by atoms with Gasteiger partial charge in [0.05, 0.1) is 18.1 Å². The maximum Gasteiger partial charge on any atom is 0.272 e. The molecule has 1 aliphatic carbocycles. The summed E-state index contributed by atoms with van der Waals surface area (Å²) < 4.78 is 2.94. The molecular formula is C12H11BrN4O. The Morgan fingerprint density at radius 3 is 2.78 bits per heavy atom. The minimum Gasteiger partial charge on any atom is -0.339 e. The number of aromatic nitrogens is 3. The average Bonchev–Trinajstić information content (AvgIpc) is 3.13. The van der Waals surface area contributed by atoms with E-state index in [-0.39, 0.29) is 5.91 Å². The molecule has 5 nitrogen and oxygen atoms in total. The Kier molecular flexibility index (Phi) is 2.87. The number of rotatable bonds is 3. The van der Waals surface area contributed by atoms with Crippen molar-refractivity contribution >= 4 is 27.5 Å². The monoisotopic (exact) mass is 306 g/mol. The van der Waals surface area contributed by atoms with E-state index in [1.807, 2.05) is 16.8 Å². The van der Waals surface area contributed by atoms with Crippen molar-refractivity contribution in [1.29, 1.82) is 0 Å². The highest BCUT2D eigenvalue weighted by molar-refractivity contribution is 9.10. The van der Waals surface area contributed by atoms with Gasteiger partial charge in [0.1, 0.15) is 12.0 Å². The lowest BCUT2D eigenvalue weighted by Crippen LogP contribution is -2.16. The Hall–Kier alpha value is -1.69. The second kappa shape index (κ2) is 4.53. The van der Waals surface area contributed by atoms with Crippen LogP contribution in [0.15, 0.2) is 35.5 Å². The van der Waals surface area contributed by atoms with Crippen LogP contribution in [-0.2, 0) is 0 Å². The molecule has 3 rings (SSSR count). The maximum atomic E-state index is 12.2. The van der Waals surface area contributed by atoms with Gasteiger partial charge in [-0.2, -0.15) is 0 Å². The summed E-state index contributed by atoms with van der Waals surface area (Å²) in [5.41, 5.74) is 1.26. The van der Waals surface area contributed by atoms with Crippen LogP contribution in [0.5, 0.6) is 0 Å². The highest BCUT2D eigenvalue weighted by Gasteiger charge is 2.27. The van der Waals surface area contributed by atoms with E-state index in [0.717, 1.165) is 17.3 Å². The largest absolute Gasteiger partial charge is 0.339 e. The predicted octanol–water partition coefficient (Wildman–Crippen LogP) is 2.63. The van der Waals surface area contributed by atoms with E-state index < -0.39 is 0 Å². The van der Waals surface area contributed by atoms with E-state index in [9.17, 15) is 4.79 Å². The molecule has 18 heavy (non-hydrogen) atoms. The maximum absolute atomic E-state index is 12.2. The molecule has 0 unspecified atom stereocenters. The van der Waals surface area contributed by atoms with Crippen LogP contribution >= 0.6 is 15.9 Å². The summed E-state index contributed by atoms with van der Waals surface area (Å²) in [5.74, 6) is -0.137. The first kappa shape index (κ1) is 11.4. The third-order valence-corrected chi connectivity index (χ3v) is 3.24. The minimum atomic E-state index is -0.137. The number of nitrogens with one attached hydrogen (secondary N) is 1. The zero-order valence-electron chi connectivity index (χ0n) is 9.51. The zero-order chi connectivity index (χ0) is 12.5. The van der Waals surface area contributed by atoms with E-state index >= 15 is 0 Å². The van der Waals surface area contributed by atoms with Crippen molar-refractivity contribution in [2.75, 3.05) is 5.32 Å². The van der Waals surface area contributed by atoms with Crippen molar-refractivity contribution in [2.24, 2.45) is 0 Å². The van der Waals surface area contributed by atoms with Crippen LogP contribution in [0.25, 0.3) is 0 Å². The summed E-state index contributed by atoms with van der Waals surface area (Å²) >= 11 is 3.41. The molecule has 1 fully saturated rings. The molecule has 1 aliphatic rings. The number of hydrogen-bond donors (Lipinski definition) is 1. The quantitative estimate of drug-likeness (QED) is 0.948. The van der Waals surface area contributed by atoms with Crippen LogP contribution < -0.4 is 5.32 Å². The van der Waals surface area contributed by atoms with Crippen LogP contribution in [0.2, 0.25) is 0 Å². The van der Waals surface area contributed by atoms with Gasteiger partial charge >= 0.3 is 0 Å². The van der Waals surface area contributed by atoms with Crippen molar-refractivity contribution in [3.63, 3.8) is 0 Å². The first-order valence-electron chi connectivity index (χ1n) is 5.68. The van der Waals surface area contributed by atoms with E-state index in [1.165, 1.54) is 6.33 Å². The fourth-order valence-electron chi connectivity index (χ4n) is 1.84. The molecule has 1 N–H and O–H groups in total. The van der Waals surface area contributed by atoms with Gasteiger partial charge in [0.15, 0.2) is 0 Å². The summed E-state index contributed by atoms with van der Waals surface area (Å²) in [6.07, 6.45) is 8.80. The molecule has 0 saturated heterocycles. The van der Waals surface area contributed by atoms with Gasteiger partial charge in [0.25, 0.3) is 5.91 Å². The van der Waals surface area contributed by atoms with E-state index in [2.05, 4.69) is 31.2 Å². The lowest BCUT2D eigenvalue weighted by Gasteiger charge is -2.07. The topological polar surface area (TPSA) is 59.8 Å². The number of nitrogens with zero attached hydrogens (tertiary/aromatic N) is 3. The molecule has 0 spiro atoms. The Labute approximate surface area is 112 Å². The molecule has 0 aromatic carbocycles. The van der Waals surface area contributed by atoms with Gasteiger partial charge in [-0.3, -0.25) is 4.79 Å². The summed E-state index contributed by atoms with van der Waals surface area (Å²) in [5, 5.41) is 2.79. The molecule has 1 amide bonds. The highest BCUT2D eigenvalue weighted by Crippen LogP contribution is 2.37. The molecular weight excluding hydrogens is 296 g/mol. The number of carbonyl (C=O) groups excluding carboxylic acids is 1. The lowest BCUT2D eigenvalue weighted by atomic mass is 10.3. The zero-order valence-corrected chi connectivity index (χ0v) is 11.1. The highest BCUT2D eigenvalue weighted by atomic mass is 79.9. The van der Waals surface area contributed by atoms with Gasteiger partial charge in [0.2, 0.25) is 0 Å². The summed E-state index contributed by atoms with van der Waals surface area (Å²) in [4.78, 5) is 19.9. The van der Waals surface area contributed by atoms with Gasteiger partial charge in [-0.05, 0) is 34.8 Å². The van der Waals surface area contributed by atoms with E-state index in [0.29, 0.717) is 17.4 Å². The molecule has 2 heterocycles. The number of hydrogen-bond acceptors (Lipinski definition) is 3. The standard InChI is InChI=1S/C12H11BrN4O/c13-8-3-11(17(6-8)10-1-2-10)12(18)16-9-4-14-7-15-5-9/h3-7,10H,1-2H2,(H,16,18). The lowest BCUT2D eigenvalue weighted by molar-refractivity contribution is 0.101. The second-order valence-corrected chi connectivity index (χ2v) is 5.18. The van der Waals surface area contributed by atoms with Gasteiger partial charge in [0, 0.05) is 16.7 Å². The van der Waals surface area contributed by atoms with E-state index in [1.54, 1.807) is 12.4 Å². The third-order valence-electron chi connectivity index (χ3n) is 2.81. The molecule has 0 aliphatic heterocycles. The number of halogens is 1. The van der Waals surface area contributed by atoms with Crippen molar-refractivity contribution in [2.45, 2.75) is 18.9 Å². The van der Waals surface area contributed by atoms with Crippen molar-refractivity contribution in [3.05, 3.63) is 41.2 Å². The normalized spacial score (nSPS) is 14.5. The molecule has 6 heteroatoms. The molecule has 0 bridgehead atoms. The van der Waals surface area contributed by atoms with Crippen LogP contribution in [0.4, 0.5) is 5.69 Å². The van der Waals surface area contributed by atoms with Gasteiger partial charge < -0.3 is 9.88 Å². The van der Waals surface area contributed by atoms with Crippen molar-refractivity contribution in [1.82, 2.24) is 14.5 Å². The summed E-state index contributed by atoms with van der Waals surface area (Å²) in [6, 6.07) is 2.29. The first-order chi connectivity index (χ1) is 8.74. The summed E-state index contributed by atoms with van der Waals surface area (Å²) in [6.45, 7) is 0. The molecule has 0 radical (unpaired) electrons. The Bertz CT molecular complexity index is 577. The number of anilines is 1. The third kappa shape index (κ3) is 2.28. The van der Waals surface area contributed by atoms with Crippen molar-refractivity contribution < 1.29 is 4.79 Å². The average molecular weight is 307 g/mol.